The van der Waals surface area contributed by atoms with Gasteiger partial charge in [0.25, 0.3) is 0 Å². The zero-order valence-corrected chi connectivity index (χ0v) is 10.7. The summed E-state index contributed by atoms with van der Waals surface area (Å²) in [5.74, 6) is -0.439. The number of hydrogen-bond donors (Lipinski definition) is 0. The molecule has 0 aromatic heterocycles. The van der Waals surface area contributed by atoms with Crippen molar-refractivity contribution in [3.63, 3.8) is 0 Å². The number of allylic oxidation sites excluding steroid dienone is 1. The van der Waals surface area contributed by atoms with Crippen LogP contribution in [-0.4, -0.2) is 12.6 Å². The van der Waals surface area contributed by atoms with Gasteiger partial charge < -0.3 is 4.74 Å². The number of rotatable bonds is 6. The fourth-order valence-electron chi connectivity index (χ4n) is 1.60. The average Bonchev–Trinajstić information content (AvgIpc) is 2.28. The molecule has 0 aliphatic carbocycles. The lowest BCUT2D eigenvalue weighted by Crippen LogP contribution is -2.30. The highest BCUT2D eigenvalue weighted by Gasteiger charge is 2.38. The molecule has 0 saturated heterocycles. The molecule has 0 aromatic rings. The van der Waals surface area contributed by atoms with Crippen molar-refractivity contribution in [3.8, 4) is 6.07 Å². The third-order valence-corrected chi connectivity index (χ3v) is 2.52. The smallest absolute Gasteiger partial charge is 0.330 e. The van der Waals surface area contributed by atoms with Crippen LogP contribution in [0.5, 0.6) is 0 Å². The van der Waals surface area contributed by atoms with Gasteiger partial charge in [0.2, 0.25) is 0 Å². The SMILES string of the molecule is CC/C=C(/CCC)[C@](C)(C#N)C(=O)OCC. The molecule has 0 aliphatic heterocycles. The van der Waals surface area contributed by atoms with Gasteiger partial charge >= 0.3 is 5.97 Å². The molecule has 0 bridgehead atoms. The third-order valence-electron chi connectivity index (χ3n) is 2.52. The molecule has 0 aromatic carbocycles. The van der Waals surface area contributed by atoms with Crippen molar-refractivity contribution in [3.05, 3.63) is 11.6 Å². The van der Waals surface area contributed by atoms with Crippen LogP contribution in [0.2, 0.25) is 0 Å². The fourth-order valence-corrected chi connectivity index (χ4v) is 1.60. The van der Waals surface area contributed by atoms with Crippen LogP contribution in [0.1, 0.15) is 47.0 Å². The Bertz CT molecular complexity index is 302. The molecule has 16 heavy (non-hydrogen) atoms. The van der Waals surface area contributed by atoms with E-state index in [4.69, 9.17) is 4.74 Å². The van der Waals surface area contributed by atoms with E-state index in [1.807, 2.05) is 19.9 Å². The second-order valence-corrected chi connectivity index (χ2v) is 3.84. The van der Waals surface area contributed by atoms with E-state index < -0.39 is 11.4 Å². The first-order valence-corrected chi connectivity index (χ1v) is 5.84. The quantitative estimate of drug-likeness (QED) is 0.513. The Balaban J connectivity index is 5.12. The monoisotopic (exact) mass is 223 g/mol. The number of hydrogen-bond acceptors (Lipinski definition) is 3. The normalized spacial score (nSPS) is 15.1. The summed E-state index contributed by atoms with van der Waals surface area (Å²) in [5.41, 5.74) is -0.249. The number of ether oxygens (including phenoxy) is 1. The van der Waals surface area contributed by atoms with Gasteiger partial charge in [-0.25, -0.2) is 4.79 Å². The van der Waals surface area contributed by atoms with Crippen LogP contribution in [0.25, 0.3) is 0 Å². The van der Waals surface area contributed by atoms with Gasteiger partial charge in [0.1, 0.15) is 0 Å². The standard InChI is InChI=1S/C13H21NO2/c1-5-8-11(9-6-2)13(4,10-14)12(15)16-7-3/h8H,5-7,9H2,1-4H3/b11-8-/t13-/m0/s1. The largest absolute Gasteiger partial charge is 0.465 e. The second kappa shape index (κ2) is 7.05. The molecular weight excluding hydrogens is 202 g/mol. The predicted octanol–water partition coefficient (Wildman–Crippen LogP) is 3.22. The van der Waals surface area contributed by atoms with E-state index in [-0.39, 0.29) is 0 Å². The van der Waals surface area contributed by atoms with Crippen LogP contribution >= 0.6 is 0 Å². The van der Waals surface area contributed by atoms with E-state index in [0.29, 0.717) is 6.61 Å². The molecule has 0 aliphatic rings. The molecule has 0 heterocycles. The summed E-state index contributed by atoms with van der Waals surface area (Å²) in [6.07, 6.45) is 4.47. The molecule has 90 valence electrons. The van der Waals surface area contributed by atoms with Crippen LogP contribution in [-0.2, 0) is 9.53 Å². The van der Waals surface area contributed by atoms with Crippen molar-refractivity contribution in [1.29, 1.82) is 5.26 Å². The van der Waals surface area contributed by atoms with Crippen molar-refractivity contribution in [2.75, 3.05) is 6.61 Å². The van der Waals surface area contributed by atoms with Crippen LogP contribution in [0.3, 0.4) is 0 Å². The number of nitrogens with zero attached hydrogens (tertiary/aromatic N) is 1. The van der Waals surface area contributed by atoms with Gasteiger partial charge in [-0.3, -0.25) is 0 Å². The molecule has 3 heteroatoms. The van der Waals surface area contributed by atoms with Gasteiger partial charge in [0, 0.05) is 0 Å². The lowest BCUT2D eigenvalue weighted by Gasteiger charge is -2.23. The molecule has 0 rings (SSSR count). The van der Waals surface area contributed by atoms with Gasteiger partial charge in [-0.1, -0.05) is 26.3 Å². The molecule has 0 unspecified atom stereocenters. The number of nitriles is 1. The number of esters is 1. The van der Waals surface area contributed by atoms with E-state index in [1.54, 1.807) is 13.8 Å². The zero-order chi connectivity index (χ0) is 12.6. The summed E-state index contributed by atoms with van der Waals surface area (Å²) in [6, 6.07) is 2.09. The molecule has 0 fully saturated rings. The Kier molecular flexibility index (Phi) is 6.48. The van der Waals surface area contributed by atoms with E-state index in [2.05, 4.69) is 6.07 Å². The van der Waals surface area contributed by atoms with E-state index in [9.17, 15) is 10.1 Å². The van der Waals surface area contributed by atoms with Crippen molar-refractivity contribution in [2.24, 2.45) is 5.41 Å². The molecule has 0 radical (unpaired) electrons. The highest BCUT2D eigenvalue weighted by atomic mass is 16.5. The molecule has 3 nitrogen and oxygen atoms in total. The summed E-state index contributed by atoms with van der Waals surface area (Å²) >= 11 is 0. The summed E-state index contributed by atoms with van der Waals surface area (Å²) in [4.78, 5) is 11.8. The van der Waals surface area contributed by atoms with Crippen LogP contribution in [0.15, 0.2) is 11.6 Å². The Morgan fingerprint density at radius 1 is 1.44 bits per heavy atom. The van der Waals surface area contributed by atoms with Gasteiger partial charge in [-0.05, 0) is 32.3 Å². The van der Waals surface area contributed by atoms with Crippen molar-refractivity contribution in [2.45, 2.75) is 47.0 Å². The van der Waals surface area contributed by atoms with Crippen LogP contribution in [0.4, 0.5) is 0 Å². The molecule has 0 N–H and O–H groups in total. The first kappa shape index (κ1) is 14.7. The van der Waals surface area contributed by atoms with Crippen molar-refractivity contribution in [1.82, 2.24) is 0 Å². The summed E-state index contributed by atoms with van der Waals surface area (Å²) in [5, 5.41) is 9.21. The first-order valence-electron chi connectivity index (χ1n) is 5.84. The maximum atomic E-state index is 11.8. The molecule has 0 amide bonds. The minimum Gasteiger partial charge on any atom is -0.465 e. The number of carbonyl (C=O) groups excluding carboxylic acids is 1. The molecule has 0 spiro atoms. The summed E-state index contributed by atoms with van der Waals surface area (Å²) in [7, 11) is 0. The Labute approximate surface area is 98.1 Å². The summed E-state index contributed by atoms with van der Waals surface area (Å²) in [6.45, 7) is 7.73. The molecule has 1 atom stereocenters. The Morgan fingerprint density at radius 2 is 2.06 bits per heavy atom. The lowest BCUT2D eigenvalue weighted by atomic mass is 9.80. The third kappa shape index (κ3) is 3.37. The average molecular weight is 223 g/mol. The van der Waals surface area contributed by atoms with E-state index in [1.165, 1.54) is 0 Å². The fraction of sp³-hybridized carbons (Fsp3) is 0.692. The molecular formula is C13H21NO2. The predicted molar refractivity (Wildman–Crippen MR) is 63.6 cm³/mol. The minimum atomic E-state index is -1.12. The highest BCUT2D eigenvalue weighted by molar-refractivity contribution is 5.83. The van der Waals surface area contributed by atoms with Gasteiger partial charge in [0.05, 0.1) is 12.7 Å². The van der Waals surface area contributed by atoms with Crippen LogP contribution < -0.4 is 0 Å². The topological polar surface area (TPSA) is 50.1 Å². The minimum absolute atomic E-state index is 0.307. The van der Waals surface area contributed by atoms with Crippen molar-refractivity contribution >= 4 is 5.97 Å². The highest BCUT2D eigenvalue weighted by Crippen LogP contribution is 2.31. The first-order chi connectivity index (χ1) is 7.56. The maximum Gasteiger partial charge on any atom is 0.330 e. The molecule has 0 saturated carbocycles. The Morgan fingerprint density at radius 3 is 2.44 bits per heavy atom. The van der Waals surface area contributed by atoms with E-state index >= 15 is 0 Å². The van der Waals surface area contributed by atoms with Crippen molar-refractivity contribution < 1.29 is 9.53 Å². The maximum absolute atomic E-state index is 11.8. The van der Waals surface area contributed by atoms with Gasteiger partial charge in [-0.15, -0.1) is 0 Å². The van der Waals surface area contributed by atoms with Gasteiger partial charge in [0.15, 0.2) is 5.41 Å². The van der Waals surface area contributed by atoms with Crippen LogP contribution in [0, 0.1) is 16.7 Å². The number of carbonyl (C=O) groups is 1. The Hall–Kier alpha value is -1.30. The summed E-state index contributed by atoms with van der Waals surface area (Å²) < 4.78 is 4.97. The second-order valence-electron chi connectivity index (χ2n) is 3.84. The lowest BCUT2D eigenvalue weighted by molar-refractivity contribution is -0.149. The zero-order valence-electron chi connectivity index (χ0n) is 10.7. The van der Waals surface area contributed by atoms with Gasteiger partial charge in [-0.2, -0.15) is 5.26 Å². The van der Waals surface area contributed by atoms with E-state index in [0.717, 1.165) is 24.8 Å².